The second-order valence-electron chi connectivity index (χ2n) is 2.78. The molecule has 1 aromatic carbocycles. The van der Waals surface area contributed by atoms with Crippen LogP contribution < -0.4 is 0 Å². The van der Waals surface area contributed by atoms with Crippen LogP contribution in [0, 0.1) is 17.7 Å². The highest BCUT2D eigenvalue weighted by Crippen LogP contribution is 2.09. The molecule has 0 aliphatic heterocycles. The van der Waals surface area contributed by atoms with Gasteiger partial charge in [-0.3, -0.25) is 0 Å². The molecule has 15 heavy (non-hydrogen) atoms. The summed E-state index contributed by atoms with van der Waals surface area (Å²) in [6.45, 7) is 0. The Kier molecular flexibility index (Phi) is 4.19. The van der Waals surface area contributed by atoms with Gasteiger partial charge in [0.15, 0.2) is 0 Å². The standard InChI is InChI=1S/C11H9FO2S/c12-10-7-9(11(13)14)5-4-8(10)3-1-2-6-15/h4-5,7,15H,2,6H2,(H,13,14). The summed E-state index contributed by atoms with van der Waals surface area (Å²) in [5.74, 6) is 4.19. The van der Waals surface area contributed by atoms with Crippen molar-refractivity contribution in [3.63, 3.8) is 0 Å². The largest absolute Gasteiger partial charge is 0.478 e. The lowest BCUT2D eigenvalue weighted by Gasteiger charge is -1.96. The molecule has 0 radical (unpaired) electrons. The predicted molar refractivity (Wildman–Crippen MR) is 58.7 cm³/mol. The van der Waals surface area contributed by atoms with Gasteiger partial charge >= 0.3 is 5.97 Å². The molecule has 4 heteroatoms. The highest BCUT2D eigenvalue weighted by atomic mass is 32.1. The van der Waals surface area contributed by atoms with E-state index >= 15 is 0 Å². The minimum absolute atomic E-state index is 0.0766. The summed E-state index contributed by atoms with van der Waals surface area (Å²) < 4.78 is 13.3. The van der Waals surface area contributed by atoms with Crippen molar-refractivity contribution in [2.24, 2.45) is 0 Å². The fourth-order valence-corrected chi connectivity index (χ4v) is 1.07. The van der Waals surface area contributed by atoms with Gasteiger partial charge in [-0.1, -0.05) is 11.8 Å². The molecule has 0 aliphatic carbocycles. The van der Waals surface area contributed by atoms with E-state index in [0.717, 1.165) is 6.07 Å². The minimum atomic E-state index is -1.15. The molecule has 0 atom stereocenters. The first-order valence-corrected chi connectivity index (χ1v) is 4.91. The Morgan fingerprint density at radius 1 is 1.53 bits per heavy atom. The zero-order chi connectivity index (χ0) is 11.3. The summed E-state index contributed by atoms with van der Waals surface area (Å²) >= 11 is 3.96. The number of aromatic carboxylic acids is 1. The molecule has 1 rings (SSSR count). The van der Waals surface area contributed by atoms with Gasteiger partial charge in [-0.25, -0.2) is 9.18 Å². The molecule has 0 bridgehead atoms. The number of carboxylic acids is 1. The molecule has 0 saturated carbocycles. The van der Waals surface area contributed by atoms with Crippen molar-refractivity contribution < 1.29 is 14.3 Å². The van der Waals surface area contributed by atoms with Gasteiger partial charge in [0, 0.05) is 12.2 Å². The third kappa shape index (κ3) is 3.30. The number of rotatable bonds is 2. The molecule has 0 spiro atoms. The fraction of sp³-hybridized carbons (Fsp3) is 0.182. The van der Waals surface area contributed by atoms with E-state index in [4.69, 9.17) is 5.11 Å². The monoisotopic (exact) mass is 224 g/mol. The highest BCUT2D eigenvalue weighted by Gasteiger charge is 2.06. The first kappa shape index (κ1) is 11.6. The zero-order valence-electron chi connectivity index (χ0n) is 7.83. The molecule has 0 fully saturated rings. The summed E-state index contributed by atoms with van der Waals surface area (Å²) in [5, 5.41) is 8.60. The van der Waals surface area contributed by atoms with E-state index in [1.54, 1.807) is 0 Å². The van der Waals surface area contributed by atoms with Crippen molar-refractivity contribution in [3.05, 3.63) is 35.1 Å². The number of carboxylic acid groups (broad SMARTS) is 1. The Morgan fingerprint density at radius 3 is 2.80 bits per heavy atom. The third-order valence-corrected chi connectivity index (χ3v) is 1.90. The van der Waals surface area contributed by atoms with E-state index in [9.17, 15) is 9.18 Å². The van der Waals surface area contributed by atoms with E-state index in [1.165, 1.54) is 12.1 Å². The summed E-state index contributed by atoms with van der Waals surface area (Å²) in [6, 6.07) is 3.66. The van der Waals surface area contributed by atoms with Gasteiger partial charge in [-0.05, 0) is 18.2 Å². The first-order valence-electron chi connectivity index (χ1n) is 4.27. The molecule has 0 amide bonds. The van der Waals surface area contributed by atoms with Crippen LogP contribution in [0.1, 0.15) is 22.3 Å². The molecule has 0 aromatic heterocycles. The van der Waals surface area contributed by atoms with Crippen molar-refractivity contribution in [1.82, 2.24) is 0 Å². The number of thiol groups is 1. The van der Waals surface area contributed by atoms with E-state index in [1.807, 2.05) is 0 Å². The lowest BCUT2D eigenvalue weighted by Crippen LogP contribution is -1.97. The van der Waals surface area contributed by atoms with Crippen molar-refractivity contribution in [2.75, 3.05) is 5.75 Å². The van der Waals surface area contributed by atoms with Crippen LogP contribution in [0.25, 0.3) is 0 Å². The molecular formula is C11H9FO2S. The van der Waals surface area contributed by atoms with Crippen molar-refractivity contribution in [2.45, 2.75) is 6.42 Å². The van der Waals surface area contributed by atoms with Crippen molar-refractivity contribution in [3.8, 4) is 11.8 Å². The maximum Gasteiger partial charge on any atom is 0.335 e. The quantitative estimate of drug-likeness (QED) is 0.597. The average molecular weight is 224 g/mol. The van der Waals surface area contributed by atoms with Crippen LogP contribution in [0.15, 0.2) is 18.2 Å². The van der Waals surface area contributed by atoms with E-state index < -0.39 is 11.8 Å². The summed E-state index contributed by atoms with van der Waals surface area (Å²) in [4.78, 5) is 10.5. The number of hydrogen-bond acceptors (Lipinski definition) is 2. The molecule has 78 valence electrons. The van der Waals surface area contributed by atoms with Crippen LogP contribution in [0.5, 0.6) is 0 Å². The van der Waals surface area contributed by atoms with Crippen molar-refractivity contribution >= 4 is 18.6 Å². The molecule has 2 nitrogen and oxygen atoms in total. The van der Waals surface area contributed by atoms with Crippen LogP contribution in [0.4, 0.5) is 4.39 Å². The summed E-state index contributed by atoms with van der Waals surface area (Å²) in [6.07, 6.45) is 0.573. The zero-order valence-corrected chi connectivity index (χ0v) is 8.72. The van der Waals surface area contributed by atoms with Gasteiger partial charge in [-0.15, -0.1) is 0 Å². The first-order chi connectivity index (χ1) is 7.15. The van der Waals surface area contributed by atoms with Crippen molar-refractivity contribution in [1.29, 1.82) is 0 Å². The third-order valence-electron chi connectivity index (χ3n) is 1.68. The van der Waals surface area contributed by atoms with Gasteiger partial charge in [0.2, 0.25) is 0 Å². The van der Waals surface area contributed by atoms with E-state index in [0.29, 0.717) is 12.2 Å². The molecule has 0 aliphatic rings. The summed E-state index contributed by atoms with van der Waals surface area (Å²) in [5.41, 5.74) is 0.133. The SMILES string of the molecule is O=C(O)c1ccc(C#CCCS)c(F)c1. The number of halogens is 1. The van der Waals surface area contributed by atoms with Gasteiger partial charge in [0.05, 0.1) is 11.1 Å². The lowest BCUT2D eigenvalue weighted by atomic mass is 10.1. The topological polar surface area (TPSA) is 37.3 Å². The second kappa shape index (κ2) is 5.42. The number of benzene rings is 1. The Balaban J connectivity index is 2.95. The molecule has 1 aromatic rings. The Hall–Kier alpha value is -1.47. The smallest absolute Gasteiger partial charge is 0.335 e. The number of carbonyl (C=O) groups is 1. The van der Waals surface area contributed by atoms with Gasteiger partial charge in [-0.2, -0.15) is 12.6 Å². The molecule has 0 heterocycles. The predicted octanol–water partition coefficient (Wildman–Crippen LogP) is 2.20. The molecule has 0 saturated heterocycles. The highest BCUT2D eigenvalue weighted by molar-refractivity contribution is 7.80. The Labute approximate surface area is 92.5 Å². The number of hydrogen-bond donors (Lipinski definition) is 2. The lowest BCUT2D eigenvalue weighted by molar-refractivity contribution is 0.0696. The van der Waals surface area contributed by atoms with Crippen LogP contribution in [-0.4, -0.2) is 16.8 Å². The van der Waals surface area contributed by atoms with Crippen LogP contribution >= 0.6 is 12.6 Å². The molecule has 1 N–H and O–H groups in total. The normalized spacial score (nSPS) is 9.20. The van der Waals surface area contributed by atoms with Gasteiger partial charge < -0.3 is 5.11 Å². The van der Waals surface area contributed by atoms with Crippen LogP contribution in [0.3, 0.4) is 0 Å². The molecular weight excluding hydrogens is 215 g/mol. The summed E-state index contributed by atoms with van der Waals surface area (Å²) in [7, 11) is 0. The van der Waals surface area contributed by atoms with Crippen LogP contribution in [0.2, 0.25) is 0 Å². The van der Waals surface area contributed by atoms with E-state index in [2.05, 4.69) is 24.5 Å². The van der Waals surface area contributed by atoms with Gasteiger partial charge in [0.1, 0.15) is 5.82 Å². The minimum Gasteiger partial charge on any atom is -0.478 e. The van der Waals surface area contributed by atoms with Crippen LogP contribution in [-0.2, 0) is 0 Å². The fourth-order valence-electron chi connectivity index (χ4n) is 0.963. The van der Waals surface area contributed by atoms with Gasteiger partial charge in [0.25, 0.3) is 0 Å². The second-order valence-corrected chi connectivity index (χ2v) is 3.22. The molecule has 0 unspecified atom stereocenters. The average Bonchev–Trinajstić information content (AvgIpc) is 2.20. The maximum atomic E-state index is 13.3. The maximum absolute atomic E-state index is 13.3. The Morgan fingerprint density at radius 2 is 2.27 bits per heavy atom. The van der Waals surface area contributed by atoms with E-state index in [-0.39, 0.29) is 11.1 Å². The Bertz CT molecular complexity index is 432.